The molecule has 0 aromatic rings. The average molecular weight is 569 g/mol. The molecular weight excluding hydrogens is 512 g/mol. The molecule has 42 heavy (non-hydrogen) atoms. The van der Waals surface area contributed by atoms with Gasteiger partial charge >= 0.3 is 0 Å². The maximum atomic E-state index is 10.1. The molecule has 0 aromatic heterocycles. The summed E-state index contributed by atoms with van der Waals surface area (Å²) in [4.78, 5) is 0. The second-order valence-corrected chi connectivity index (χ2v) is 14.1. The van der Waals surface area contributed by atoms with Crippen molar-refractivity contribution in [2.45, 2.75) is 114 Å². The van der Waals surface area contributed by atoms with Gasteiger partial charge in [-0.05, 0) is 94.6 Å². The van der Waals surface area contributed by atoms with Crippen LogP contribution in [0.5, 0.6) is 0 Å². The van der Waals surface area contributed by atoms with Crippen LogP contribution in [0.4, 0.5) is 0 Å². The van der Waals surface area contributed by atoms with Gasteiger partial charge in [0.25, 0.3) is 0 Å². The minimum atomic E-state index is -0.360. The number of rotatable bonds is 8. The smallest absolute Gasteiger partial charge is 0.0729 e. The summed E-state index contributed by atoms with van der Waals surface area (Å²) >= 11 is 0. The Morgan fingerprint density at radius 3 is 1.90 bits per heavy atom. The third-order valence-corrected chi connectivity index (χ3v) is 8.53. The zero-order chi connectivity index (χ0) is 31.5. The lowest BCUT2D eigenvalue weighted by molar-refractivity contribution is 0.119. The van der Waals surface area contributed by atoms with Gasteiger partial charge in [0, 0.05) is 11.8 Å². The minimum Gasteiger partial charge on any atom is -0.389 e. The molecule has 0 aliphatic heterocycles. The van der Waals surface area contributed by atoms with Crippen molar-refractivity contribution in [2.75, 3.05) is 0 Å². The predicted molar refractivity (Wildman–Crippen MR) is 181 cm³/mol. The van der Waals surface area contributed by atoms with Gasteiger partial charge in [0.15, 0.2) is 0 Å². The Labute approximate surface area is 258 Å². The highest BCUT2D eigenvalue weighted by atomic mass is 16.3. The summed E-state index contributed by atoms with van der Waals surface area (Å²) in [6.07, 6.45) is 23.1. The lowest BCUT2D eigenvalue weighted by Crippen LogP contribution is -2.32. The Bertz CT molecular complexity index is 1270. The summed E-state index contributed by atoms with van der Waals surface area (Å²) in [7, 11) is 0. The van der Waals surface area contributed by atoms with E-state index < -0.39 is 0 Å². The number of aliphatic hydroxyl groups is 2. The van der Waals surface area contributed by atoms with Gasteiger partial charge in [-0.2, -0.15) is 0 Å². The maximum Gasteiger partial charge on any atom is 0.0729 e. The summed E-state index contributed by atoms with van der Waals surface area (Å²) < 4.78 is 0. The standard InChI is InChI=1S/C40H56O2/c1-29(17-13-19-31(3)21-23-37-33(5)25-35(41)27-39(37,7)8)15-11-12-16-30(2)18-14-20-32(4)22-24-38-34(6)26-36(42)28-40(38,9)10/h11-13,15,17,19-20,25-26,30,35-38,41-42H,14,16,18,27-28H2,1-10H3/b12-11+,17-13+,29-15+,31-19+,32-20-/t30?,35-,36-,37?,38?/m1/s1. The number of allylic oxidation sites excluding steroid dienone is 12. The van der Waals surface area contributed by atoms with E-state index in [1.807, 2.05) is 19.1 Å². The first-order valence-electron chi connectivity index (χ1n) is 15.7. The Morgan fingerprint density at radius 2 is 1.38 bits per heavy atom. The van der Waals surface area contributed by atoms with E-state index in [1.54, 1.807) is 0 Å². The molecule has 0 radical (unpaired) electrons. The molecule has 0 bridgehead atoms. The molecule has 2 heteroatoms. The summed E-state index contributed by atoms with van der Waals surface area (Å²) in [6, 6.07) is 0. The Balaban J connectivity index is 1.80. The molecule has 228 valence electrons. The molecule has 0 amide bonds. The van der Waals surface area contributed by atoms with Gasteiger partial charge in [0.2, 0.25) is 0 Å². The molecule has 0 saturated carbocycles. The van der Waals surface area contributed by atoms with Crippen LogP contribution in [0, 0.1) is 52.3 Å². The molecule has 2 nitrogen and oxygen atoms in total. The van der Waals surface area contributed by atoms with E-state index in [1.165, 1.54) is 16.7 Å². The summed E-state index contributed by atoms with van der Waals surface area (Å²) in [5, 5.41) is 20.1. The molecule has 2 aliphatic rings. The van der Waals surface area contributed by atoms with Gasteiger partial charge in [-0.1, -0.05) is 130 Å². The van der Waals surface area contributed by atoms with Gasteiger partial charge in [-0.25, -0.2) is 0 Å². The van der Waals surface area contributed by atoms with E-state index in [0.717, 1.165) is 43.3 Å². The summed E-state index contributed by atoms with van der Waals surface area (Å²) in [5.41, 5.74) is 5.70. The molecule has 3 unspecified atom stereocenters. The molecular formula is C40H56O2. The van der Waals surface area contributed by atoms with E-state index in [2.05, 4.69) is 129 Å². The monoisotopic (exact) mass is 568 g/mol. The molecule has 5 atom stereocenters. The largest absolute Gasteiger partial charge is 0.389 e. The quantitative estimate of drug-likeness (QED) is 0.174. The first-order chi connectivity index (χ1) is 19.6. The molecule has 2 rings (SSSR count). The van der Waals surface area contributed by atoms with E-state index >= 15 is 0 Å². The van der Waals surface area contributed by atoms with Gasteiger partial charge in [-0.3, -0.25) is 0 Å². The van der Waals surface area contributed by atoms with Crippen LogP contribution >= 0.6 is 0 Å². The minimum absolute atomic E-state index is 0.00495. The topological polar surface area (TPSA) is 40.5 Å². The van der Waals surface area contributed by atoms with Crippen LogP contribution in [-0.2, 0) is 0 Å². The number of aliphatic hydroxyl groups excluding tert-OH is 2. The van der Waals surface area contributed by atoms with Crippen molar-refractivity contribution in [2.24, 2.45) is 28.6 Å². The van der Waals surface area contributed by atoms with Gasteiger partial charge < -0.3 is 10.2 Å². The van der Waals surface area contributed by atoms with Crippen molar-refractivity contribution < 1.29 is 10.2 Å². The van der Waals surface area contributed by atoms with Gasteiger partial charge in [-0.15, -0.1) is 0 Å². The molecule has 0 spiro atoms. The fourth-order valence-electron chi connectivity index (χ4n) is 6.18. The van der Waals surface area contributed by atoms with Crippen molar-refractivity contribution in [1.29, 1.82) is 0 Å². The predicted octanol–water partition coefficient (Wildman–Crippen LogP) is 9.46. The van der Waals surface area contributed by atoms with E-state index in [0.29, 0.717) is 5.92 Å². The van der Waals surface area contributed by atoms with Crippen LogP contribution in [-0.4, -0.2) is 22.4 Å². The van der Waals surface area contributed by atoms with Gasteiger partial charge in [0.05, 0.1) is 12.2 Å². The Morgan fingerprint density at radius 1 is 0.857 bits per heavy atom. The maximum absolute atomic E-state index is 10.1. The molecule has 0 aromatic carbocycles. The molecule has 0 saturated heterocycles. The van der Waals surface area contributed by atoms with Crippen LogP contribution in [0.3, 0.4) is 0 Å². The molecule has 0 heterocycles. The first kappa shape index (κ1) is 35.4. The van der Waals surface area contributed by atoms with Crippen molar-refractivity contribution in [1.82, 2.24) is 0 Å². The van der Waals surface area contributed by atoms with Crippen LogP contribution in [0.25, 0.3) is 0 Å². The molecule has 0 fully saturated rings. The lowest BCUT2D eigenvalue weighted by Gasteiger charge is -2.37. The van der Waals surface area contributed by atoms with Crippen LogP contribution < -0.4 is 0 Å². The molecule has 2 N–H and O–H groups in total. The van der Waals surface area contributed by atoms with Crippen molar-refractivity contribution in [3.05, 3.63) is 82.5 Å². The van der Waals surface area contributed by atoms with E-state index in [4.69, 9.17) is 0 Å². The average Bonchev–Trinajstić information content (AvgIpc) is 2.84. The summed E-state index contributed by atoms with van der Waals surface area (Å²) in [6.45, 7) is 21.5. The van der Waals surface area contributed by atoms with Crippen LogP contribution in [0.15, 0.2) is 82.5 Å². The second kappa shape index (κ2) is 16.2. The highest BCUT2D eigenvalue weighted by Crippen LogP contribution is 2.41. The molecule has 2 aliphatic carbocycles. The fourth-order valence-corrected chi connectivity index (χ4v) is 6.18. The zero-order valence-electron chi connectivity index (χ0n) is 28.0. The SMILES string of the molecule is CC1=C[C@@H](O)CC(C)(C)C1C#C/C(C)=C\CCC(C)C/C=C/C=C(C)/C=C/C=C(\C)C#CC1C(C)=C[C@@H](O)CC1(C)C. The summed E-state index contributed by atoms with van der Waals surface area (Å²) in [5.74, 6) is 14.6. The highest BCUT2D eigenvalue weighted by molar-refractivity contribution is 5.36. The fraction of sp³-hybridized carbons (Fsp3) is 0.550. The van der Waals surface area contributed by atoms with E-state index in [-0.39, 0.29) is 34.9 Å². The number of hydrogen-bond donors (Lipinski definition) is 2. The van der Waals surface area contributed by atoms with Crippen molar-refractivity contribution in [3.63, 3.8) is 0 Å². The second-order valence-electron chi connectivity index (χ2n) is 14.1. The third kappa shape index (κ3) is 11.8. The van der Waals surface area contributed by atoms with Crippen molar-refractivity contribution in [3.8, 4) is 23.7 Å². The number of hydrogen-bond acceptors (Lipinski definition) is 2. The van der Waals surface area contributed by atoms with Crippen LogP contribution in [0.1, 0.15) is 101 Å². The van der Waals surface area contributed by atoms with E-state index in [9.17, 15) is 10.2 Å². The Hall–Kier alpha value is -2.78. The Kier molecular flexibility index (Phi) is 13.6. The third-order valence-electron chi connectivity index (χ3n) is 8.53. The lowest BCUT2D eigenvalue weighted by atomic mass is 9.68. The first-order valence-corrected chi connectivity index (χ1v) is 15.7. The zero-order valence-corrected chi connectivity index (χ0v) is 28.0. The normalized spacial score (nSPS) is 27.1. The van der Waals surface area contributed by atoms with Crippen LogP contribution in [0.2, 0.25) is 0 Å². The van der Waals surface area contributed by atoms with Gasteiger partial charge in [0.1, 0.15) is 0 Å². The highest BCUT2D eigenvalue weighted by Gasteiger charge is 2.36. The van der Waals surface area contributed by atoms with Crippen molar-refractivity contribution >= 4 is 0 Å².